The zero-order valence-electron chi connectivity index (χ0n) is 6.46. The Bertz CT molecular complexity index is 327. The molecule has 0 aliphatic carbocycles. The summed E-state index contributed by atoms with van der Waals surface area (Å²) in [7, 11) is 0. The fourth-order valence-corrected chi connectivity index (χ4v) is 1.32. The molecule has 0 fully saturated rings. The minimum atomic E-state index is 0.791. The van der Waals surface area contributed by atoms with Crippen molar-refractivity contribution in [2.75, 3.05) is 5.73 Å². The standard InChI is InChI=1S/C9H10N2/c1-6-2-3-7-4-11-5-8(7)9(6)10/h2-3,5H,4,10H2,1H3. The van der Waals surface area contributed by atoms with Gasteiger partial charge < -0.3 is 5.73 Å². The van der Waals surface area contributed by atoms with Crippen LogP contribution in [0.2, 0.25) is 0 Å². The summed E-state index contributed by atoms with van der Waals surface area (Å²) in [5.74, 6) is 0. The molecule has 1 aliphatic heterocycles. The van der Waals surface area contributed by atoms with Crippen LogP contribution in [0.15, 0.2) is 17.1 Å². The van der Waals surface area contributed by atoms with Crippen LogP contribution >= 0.6 is 0 Å². The van der Waals surface area contributed by atoms with Crippen molar-refractivity contribution in [1.29, 1.82) is 0 Å². The van der Waals surface area contributed by atoms with Gasteiger partial charge in [-0.2, -0.15) is 0 Å². The van der Waals surface area contributed by atoms with Crippen LogP contribution in [0.1, 0.15) is 16.7 Å². The van der Waals surface area contributed by atoms with Gasteiger partial charge in [0, 0.05) is 17.5 Å². The van der Waals surface area contributed by atoms with Gasteiger partial charge in [-0.3, -0.25) is 4.99 Å². The Hall–Kier alpha value is -1.31. The van der Waals surface area contributed by atoms with E-state index in [1.54, 1.807) is 0 Å². The molecule has 0 atom stereocenters. The highest BCUT2D eigenvalue weighted by Gasteiger charge is 2.09. The fourth-order valence-electron chi connectivity index (χ4n) is 1.32. The van der Waals surface area contributed by atoms with Crippen LogP contribution in [0.4, 0.5) is 5.69 Å². The molecule has 1 aromatic rings. The second-order valence-corrected chi connectivity index (χ2v) is 2.84. The topological polar surface area (TPSA) is 38.4 Å². The third kappa shape index (κ3) is 0.827. The zero-order chi connectivity index (χ0) is 7.84. The van der Waals surface area contributed by atoms with Gasteiger partial charge in [0.2, 0.25) is 0 Å². The minimum Gasteiger partial charge on any atom is -0.398 e. The normalized spacial score (nSPS) is 13.5. The summed E-state index contributed by atoms with van der Waals surface area (Å²) >= 11 is 0. The molecule has 1 aliphatic rings. The van der Waals surface area contributed by atoms with Gasteiger partial charge in [0.05, 0.1) is 6.54 Å². The molecule has 0 amide bonds. The van der Waals surface area contributed by atoms with E-state index < -0.39 is 0 Å². The lowest BCUT2D eigenvalue weighted by molar-refractivity contribution is 1.11. The van der Waals surface area contributed by atoms with E-state index in [2.05, 4.69) is 11.1 Å². The van der Waals surface area contributed by atoms with Crippen molar-refractivity contribution in [3.8, 4) is 0 Å². The number of nitrogens with zero attached hydrogens (tertiary/aromatic N) is 1. The highest BCUT2D eigenvalue weighted by molar-refractivity contribution is 5.92. The van der Waals surface area contributed by atoms with Crippen molar-refractivity contribution >= 4 is 11.9 Å². The number of aryl methyl sites for hydroxylation is 1. The number of fused-ring (bicyclic) bond motifs is 1. The molecule has 1 aromatic carbocycles. The Labute approximate surface area is 65.8 Å². The van der Waals surface area contributed by atoms with E-state index in [0.29, 0.717) is 0 Å². The Morgan fingerprint density at radius 3 is 3.09 bits per heavy atom. The molecule has 11 heavy (non-hydrogen) atoms. The second-order valence-electron chi connectivity index (χ2n) is 2.84. The van der Waals surface area contributed by atoms with Crippen LogP contribution in [0.5, 0.6) is 0 Å². The molecule has 0 saturated heterocycles. The molecule has 0 spiro atoms. The number of hydrogen-bond acceptors (Lipinski definition) is 2. The second kappa shape index (κ2) is 2.09. The fraction of sp³-hybridized carbons (Fsp3) is 0.222. The molecular formula is C9H10N2. The summed E-state index contributed by atoms with van der Waals surface area (Å²) in [5.41, 5.74) is 10.2. The molecule has 0 bridgehead atoms. The van der Waals surface area contributed by atoms with Gasteiger partial charge in [0.15, 0.2) is 0 Å². The molecular weight excluding hydrogens is 136 g/mol. The van der Waals surface area contributed by atoms with Crippen LogP contribution in [-0.2, 0) is 6.54 Å². The van der Waals surface area contributed by atoms with Crippen molar-refractivity contribution in [3.63, 3.8) is 0 Å². The molecule has 56 valence electrons. The number of nitrogen functional groups attached to an aromatic ring is 1. The summed E-state index contributed by atoms with van der Waals surface area (Å²) in [4.78, 5) is 4.15. The number of nitrogens with two attached hydrogens (primary N) is 1. The van der Waals surface area contributed by atoms with Gasteiger partial charge in [0.25, 0.3) is 0 Å². The molecule has 2 rings (SSSR count). The smallest absolute Gasteiger partial charge is 0.0647 e. The summed E-state index contributed by atoms with van der Waals surface area (Å²) in [6.45, 7) is 2.81. The van der Waals surface area contributed by atoms with Crippen molar-refractivity contribution in [3.05, 3.63) is 28.8 Å². The van der Waals surface area contributed by atoms with E-state index >= 15 is 0 Å². The Kier molecular flexibility index (Phi) is 1.22. The summed E-state index contributed by atoms with van der Waals surface area (Å²) < 4.78 is 0. The van der Waals surface area contributed by atoms with Crippen LogP contribution in [0.25, 0.3) is 0 Å². The first kappa shape index (κ1) is 6.40. The van der Waals surface area contributed by atoms with E-state index in [4.69, 9.17) is 5.73 Å². The molecule has 0 radical (unpaired) electrons. The van der Waals surface area contributed by atoms with Crippen LogP contribution in [-0.4, -0.2) is 6.21 Å². The average molecular weight is 146 g/mol. The molecule has 2 nitrogen and oxygen atoms in total. The van der Waals surface area contributed by atoms with E-state index in [9.17, 15) is 0 Å². The van der Waals surface area contributed by atoms with Crippen molar-refractivity contribution in [2.24, 2.45) is 4.99 Å². The number of hydrogen-bond donors (Lipinski definition) is 1. The van der Waals surface area contributed by atoms with E-state index in [1.807, 2.05) is 19.2 Å². The molecule has 0 unspecified atom stereocenters. The molecule has 0 aromatic heterocycles. The van der Waals surface area contributed by atoms with Crippen molar-refractivity contribution in [1.82, 2.24) is 0 Å². The number of anilines is 1. The molecule has 2 N–H and O–H groups in total. The zero-order valence-corrected chi connectivity index (χ0v) is 6.46. The Balaban J connectivity index is 2.70. The summed E-state index contributed by atoms with van der Waals surface area (Å²) in [6, 6.07) is 4.14. The lowest BCUT2D eigenvalue weighted by Gasteiger charge is -2.03. The quantitative estimate of drug-likeness (QED) is 0.553. The van der Waals surface area contributed by atoms with Gasteiger partial charge >= 0.3 is 0 Å². The monoisotopic (exact) mass is 146 g/mol. The Morgan fingerprint density at radius 1 is 1.45 bits per heavy atom. The number of rotatable bonds is 0. The lowest BCUT2D eigenvalue weighted by Crippen LogP contribution is -1.96. The van der Waals surface area contributed by atoms with Gasteiger partial charge in [-0.15, -0.1) is 0 Å². The maximum Gasteiger partial charge on any atom is 0.0647 e. The maximum atomic E-state index is 5.84. The minimum absolute atomic E-state index is 0.791. The van der Waals surface area contributed by atoms with Crippen LogP contribution in [0.3, 0.4) is 0 Å². The number of benzene rings is 1. The Morgan fingerprint density at radius 2 is 2.27 bits per heavy atom. The van der Waals surface area contributed by atoms with Crippen LogP contribution < -0.4 is 5.73 Å². The lowest BCUT2D eigenvalue weighted by atomic mass is 10.0. The number of aliphatic imine (C=N–C) groups is 1. The summed E-state index contributed by atoms with van der Waals surface area (Å²) in [5, 5.41) is 0. The first-order valence-corrected chi connectivity index (χ1v) is 3.67. The van der Waals surface area contributed by atoms with E-state index in [0.717, 1.165) is 23.4 Å². The molecule has 1 heterocycles. The average Bonchev–Trinajstić information content (AvgIpc) is 2.45. The largest absolute Gasteiger partial charge is 0.398 e. The SMILES string of the molecule is Cc1ccc2c(c1N)C=NC2. The molecule has 0 saturated carbocycles. The highest BCUT2D eigenvalue weighted by Crippen LogP contribution is 2.23. The maximum absolute atomic E-state index is 5.84. The van der Waals surface area contributed by atoms with Gasteiger partial charge in [0.1, 0.15) is 0 Å². The van der Waals surface area contributed by atoms with Crippen molar-refractivity contribution in [2.45, 2.75) is 13.5 Å². The highest BCUT2D eigenvalue weighted by atomic mass is 14.7. The van der Waals surface area contributed by atoms with Gasteiger partial charge in [-0.25, -0.2) is 0 Å². The van der Waals surface area contributed by atoms with Gasteiger partial charge in [-0.05, 0) is 18.1 Å². The third-order valence-electron chi connectivity index (χ3n) is 2.08. The first-order chi connectivity index (χ1) is 5.29. The summed E-state index contributed by atoms with van der Waals surface area (Å²) in [6.07, 6.45) is 1.86. The predicted octanol–water partition coefficient (Wildman–Crippen LogP) is 1.51. The molecule has 2 heteroatoms. The predicted molar refractivity (Wildman–Crippen MR) is 46.9 cm³/mol. The van der Waals surface area contributed by atoms with Crippen molar-refractivity contribution < 1.29 is 0 Å². The van der Waals surface area contributed by atoms with Gasteiger partial charge in [-0.1, -0.05) is 12.1 Å². The third-order valence-corrected chi connectivity index (χ3v) is 2.08. The van der Waals surface area contributed by atoms with E-state index in [1.165, 1.54) is 5.56 Å². The van der Waals surface area contributed by atoms with E-state index in [-0.39, 0.29) is 0 Å². The first-order valence-electron chi connectivity index (χ1n) is 3.67. The van der Waals surface area contributed by atoms with Crippen LogP contribution in [0, 0.1) is 6.92 Å².